The van der Waals surface area contributed by atoms with Crippen molar-refractivity contribution in [2.24, 2.45) is 11.8 Å². The first-order valence-corrected chi connectivity index (χ1v) is 8.98. The molecule has 2 aromatic rings. The van der Waals surface area contributed by atoms with Gasteiger partial charge in [-0.2, -0.15) is 0 Å². The average Bonchev–Trinajstić information content (AvgIpc) is 2.71. The number of ether oxygens (including phenoxy) is 4. The highest BCUT2D eigenvalue weighted by Crippen LogP contribution is 2.47. The highest BCUT2D eigenvalue weighted by atomic mass is 16.5. The zero-order chi connectivity index (χ0) is 19.7. The molecule has 5 heteroatoms. The summed E-state index contributed by atoms with van der Waals surface area (Å²) in [5.74, 6) is 2.74. The summed E-state index contributed by atoms with van der Waals surface area (Å²) in [6.07, 6.45) is 0. The molecule has 1 aliphatic rings. The summed E-state index contributed by atoms with van der Waals surface area (Å²) >= 11 is 0. The fourth-order valence-electron chi connectivity index (χ4n) is 3.95. The number of carbonyl (C=O) groups excluding carboxylic acids is 1. The number of Topliss-reactive ketones (excluding diaryl/α,β-unsaturated/α-hetero) is 1. The Morgan fingerprint density at radius 1 is 0.741 bits per heavy atom. The van der Waals surface area contributed by atoms with Gasteiger partial charge in [-0.25, -0.2) is 0 Å². The third kappa shape index (κ3) is 3.11. The molecule has 27 heavy (non-hydrogen) atoms. The van der Waals surface area contributed by atoms with Gasteiger partial charge in [0.25, 0.3) is 0 Å². The van der Waals surface area contributed by atoms with Crippen LogP contribution in [0, 0.1) is 11.8 Å². The van der Waals surface area contributed by atoms with Crippen molar-refractivity contribution < 1.29 is 23.7 Å². The van der Waals surface area contributed by atoms with Gasteiger partial charge < -0.3 is 18.9 Å². The minimum Gasteiger partial charge on any atom is -0.493 e. The van der Waals surface area contributed by atoms with Gasteiger partial charge >= 0.3 is 0 Å². The summed E-state index contributed by atoms with van der Waals surface area (Å²) in [6, 6.07) is 9.65. The highest BCUT2D eigenvalue weighted by molar-refractivity contribution is 6.01. The first kappa shape index (κ1) is 19.1. The Morgan fingerprint density at radius 2 is 1.30 bits per heavy atom. The van der Waals surface area contributed by atoms with Gasteiger partial charge in [-0.15, -0.1) is 0 Å². The van der Waals surface area contributed by atoms with Crippen LogP contribution in [0.3, 0.4) is 0 Å². The lowest BCUT2D eigenvalue weighted by molar-refractivity contribution is 0.0865. The molecule has 144 valence electrons. The molecule has 0 bridgehead atoms. The van der Waals surface area contributed by atoms with Crippen LogP contribution in [-0.4, -0.2) is 34.2 Å². The number of fused-ring (bicyclic) bond motifs is 1. The van der Waals surface area contributed by atoms with Gasteiger partial charge in [0.15, 0.2) is 28.8 Å². The number of carbonyl (C=O) groups is 1. The van der Waals surface area contributed by atoms with E-state index in [0.717, 1.165) is 11.1 Å². The second kappa shape index (κ2) is 7.51. The molecule has 0 heterocycles. The van der Waals surface area contributed by atoms with Gasteiger partial charge in [0.2, 0.25) is 0 Å². The molecule has 5 nitrogen and oxygen atoms in total. The molecule has 0 radical (unpaired) electrons. The third-order valence-electron chi connectivity index (χ3n) is 5.65. The van der Waals surface area contributed by atoms with Crippen molar-refractivity contribution in [2.75, 3.05) is 28.4 Å². The van der Waals surface area contributed by atoms with E-state index in [9.17, 15) is 4.79 Å². The molecule has 0 saturated carbocycles. The van der Waals surface area contributed by atoms with Crippen molar-refractivity contribution in [3.63, 3.8) is 0 Å². The van der Waals surface area contributed by atoms with Crippen molar-refractivity contribution in [3.05, 3.63) is 47.0 Å². The third-order valence-corrected chi connectivity index (χ3v) is 5.65. The van der Waals surface area contributed by atoms with Crippen LogP contribution in [0.1, 0.15) is 41.3 Å². The van der Waals surface area contributed by atoms with Crippen LogP contribution < -0.4 is 18.9 Å². The number of hydrogen-bond acceptors (Lipinski definition) is 5. The Balaban J connectivity index is 2.22. The SMILES string of the molecule is COc1ccc([C@@H]2c3cc(OC)c(OC)cc3C(=O)[C@H](C)[C@H]2C)cc1OC. The van der Waals surface area contributed by atoms with Crippen molar-refractivity contribution in [3.8, 4) is 23.0 Å². The minimum atomic E-state index is -0.103. The zero-order valence-electron chi connectivity index (χ0n) is 16.7. The zero-order valence-corrected chi connectivity index (χ0v) is 16.7. The molecule has 2 aromatic carbocycles. The Labute approximate surface area is 160 Å². The molecular formula is C22H26O5. The summed E-state index contributed by atoms with van der Waals surface area (Å²) in [6.45, 7) is 4.10. The van der Waals surface area contributed by atoms with Crippen LogP contribution in [0.25, 0.3) is 0 Å². The summed E-state index contributed by atoms with van der Waals surface area (Å²) in [5, 5.41) is 0. The molecule has 0 N–H and O–H groups in total. The molecule has 0 aromatic heterocycles. The number of rotatable bonds is 5. The van der Waals surface area contributed by atoms with Gasteiger partial charge in [0.1, 0.15) is 0 Å². The van der Waals surface area contributed by atoms with E-state index >= 15 is 0 Å². The maximum atomic E-state index is 13.0. The Hall–Kier alpha value is -2.69. The lowest BCUT2D eigenvalue weighted by Gasteiger charge is -2.36. The maximum absolute atomic E-state index is 13.0. The Morgan fingerprint density at radius 3 is 1.89 bits per heavy atom. The summed E-state index contributed by atoms with van der Waals surface area (Å²) in [4.78, 5) is 13.0. The van der Waals surface area contributed by atoms with E-state index in [2.05, 4.69) is 6.92 Å². The summed E-state index contributed by atoms with van der Waals surface area (Å²) in [5.41, 5.74) is 2.72. The van der Waals surface area contributed by atoms with E-state index in [-0.39, 0.29) is 23.5 Å². The van der Waals surface area contributed by atoms with E-state index in [4.69, 9.17) is 18.9 Å². The van der Waals surface area contributed by atoms with Crippen LogP contribution in [0.5, 0.6) is 23.0 Å². The molecule has 0 amide bonds. The Bertz CT molecular complexity index is 858. The topological polar surface area (TPSA) is 54.0 Å². The second-order valence-electron chi connectivity index (χ2n) is 6.90. The van der Waals surface area contributed by atoms with Gasteiger partial charge in [-0.1, -0.05) is 19.9 Å². The number of hydrogen-bond donors (Lipinski definition) is 0. The van der Waals surface area contributed by atoms with Crippen molar-refractivity contribution in [1.29, 1.82) is 0 Å². The lowest BCUT2D eigenvalue weighted by atomic mass is 9.67. The molecule has 0 fully saturated rings. The predicted octanol–water partition coefficient (Wildman–Crippen LogP) is 4.32. The van der Waals surface area contributed by atoms with Crippen molar-refractivity contribution in [2.45, 2.75) is 19.8 Å². The van der Waals surface area contributed by atoms with E-state index in [1.165, 1.54) is 0 Å². The number of ketones is 1. The van der Waals surface area contributed by atoms with Gasteiger partial charge in [-0.05, 0) is 41.3 Å². The smallest absolute Gasteiger partial charge is 0.166 e. The maximum Gasteiger partial charge on any atom is 0.166 e. The molecule has 0 saturated heterocycles. The molecule has 0 aliphatic heterocycles. The first-order chi connectivity index (χ1) is 13.0. The van der Waals surface area contributed by atoms with Crippen molar-refractivity contribution >= 4 is 5.78 Å². The standard InChI is InChI=1S/C22H26O5/c1-12-13(2)22(23)16-11-20(27-6)19(26-5)10-15(16)21(12)14-7-8-17(24-3)18(9-14)25-4/h7-13,21H,1-6H3/t12-,13-,21-/m1/s1. The van der Waals surface area contributed by atoms with Crippen LogP contribution in [-0.2, 0) is 0 Å². The Kier molecular flexibility index (Phi) is 5.31. The van der Waals surface area contributed by atoms with E-state index in [1.54, 1.807) is 34.5 Å². The lowest BCUT2D eigenvalue weighted by Crippen LogP contribution is -2.32. The van der Waals surface area contributed by atoms with E-state index in [1.807, 2.05) is 31.2 Å². The van der Waals surface area contributed by atoms with Gasteiger partial charge in [-0.3, -0.25) is 4.79 Å². The van der Waals surface area contributed by atoms with Crippen LogP contribution in [0.2, 0.25) is 0 Å². The molecule has 0 spiro atoms. The van der Waals surface area contributed by atoms with Crippen LogP contribution >= 0.6 is 0 Å². The minimum absolute atomic E-state index is 0.0345. The number of benzene rings is 2. The van der Waals surface area contributed by atoms with Crippen LogP contribution in [0.15, 0.2) is 30.3 Å². The molecular weight excluding hydrogens is 344 g/mol. The average molecular weight is 370 g/mol. The van der Waals surface area contributed by atoms with E-state index in [0.29, 0.717) is 28.6 Å². The van der Waals surface area contributed by atoms with E-state index < -0.39 is 0 Å². The summed E-state index contributed by atoms with van der Waals surface area (Å²) < 4.78 is 21.7. The second-order valence-corrected chi connectivity index (χ2v) is 6.90. The molecule has 3 rings (SSSR count). The summed E-state index contributed by atoms with van der Waals surface area (Å²) in [7, 11) is 6.43. The largest absolute Gasteiger partial charge is 0.493 e. The fourth-order valence-corrected chi connectivity index (χ4v) is 3.95. The van der Waals surface area contributed by atoms with Crippen molar-refractivity contribution in [1.82, 2.24) is 0 Å². The molecule has 3 atom stereocenters. The quantitative estimate of drug-likeness (QED) is 0.784. The highest BCUT2D eigenvalue weighted by Gasteiger charge is 2.39. The van der Waals surface area contributed by atoms with Gasteiger partial charge in [0.05, 0.1) is 28.4 Å². The van der Waals surface area contributed by atoms with Crippen LogP contribution in [0.4, 0.5) is 0 Å². The normalized spacial score (nSPS) is 21.4. The molecule has 1 aliphatic carbocycles. The monoisotopic (exact) mass is 370 g/mol. The fraction of sp³-hybridized carbons (Fsp3) is 0.409. The number of methoxy groups -OCH3 is 4. The first-order valence-electron chi connectivity index (χ1n) is 8.98. The van der Waals surface area contributed by atoms with Gasteiger partial charge in [0, 0.05) is 17.4 Å². The molecule has 0 unspecified atom stereocenters. The predicted molar refractivity (Wildman–Crippen MR) is 104 cm³/mol.